The average Bonchev–Trinajstić information content (AvgIpc) is 2.81. The molecule has 2 aromatic rings. The smallest absolute Gasteiger partial charge is 0.142 e. The van der Waals surface area contributed by atoms with E-state index in [2.05, 4.69) is 4.98 Å². The van der Waals surface area contributed by atoms with E-state index in [1.54, 1.807) is 12.3 Å². The molecular weight excluding hydrogens is 265 g/mol. The van der Waals surface area contributed by atoms with Gasteiger partial charge in [0.15, 0.2) is 0 Å². The van der Waals surface area contributed by atoms with Crippen LogP contribution < -0.4 is 5.73 Å². The lowest BCUT2D eigenvalue weighted by atomic mass is 10.1. The number of nitrogens with zero attached hydrogens (tertiary/aromatic N) is 2. The van der Waals surface area contributed by atoms with Crippen molar-refractivity contribution in [1.29, 1.82) is 0 Å². The van der Waals surface area contributed by atoms with Gasteiger partial charge >= 0.3 is 0 Å². The molecule has 2 N–H and O–H groups in total. The van der Waals surface area contributed by atoms with E-state index in [1.165, 1.54) is 6.07 Å². The lowest BCUT2D eigenvalue weighted by Gasteiger charge is -2.11. The standard InChI is InChI=1S/C14H17ClFN3/c1-2-11(17)8-14-18-5-6-19(14)9-10-3-4-12(15)13(16)7-10/h3-7,11H,2,8-9,17H2,1H3. The van der Waals surface area contributed by atoms with Crippen LogP contribution in [0.2, 0.25) is 5.02 Å². The number of imidazole rings is 1. The molecule has 0 bridgehead atoms. The van der Waals surface area contributed by atoms with Crippen molar-refractivity contribution in [2.45, 2.75) is 32.4 Å². The molecule has 0 radical (unpaired) electrons. The van der Waals surface area contributed by atoms with E-state index in [9.17, 15) is 4.39 Å². The lowest BCUT2D eigenvalue weighted by molar-refractivity contribution is 0.594. The van der Waals surface area contributed by atoms with Crippen LogP contribution in [-0.2, 0) is 13.0 Å². The quantitative estimate of drug-likeness (QED) is 0.915. The van der Waals surface area contributed by atoms with Crippen molar-refractivity contribution in [3.05, 3.63) is 52.8 Å². The van der Waals surface area contributed by atoms with E-state index in [1.807, 2.05) is 23.8 Å². The second kappa shape index (κ2) is 6.17. The number of rotatable bonds is 5. The molecule has 0 fully saturated rings. The van der Waals surface area contributed by atoms with E-state index in [-0.39, 0.29) is 11.1 Å². The predicted octanol–water partition coefficient (Wildman–Crippen LogP) is 3.00. The molecular formula is C14H17ClFN3. The summed E-state index contributed by atoms with van der Waals surface area (Å²) < 4.78 is 15.4. The highest BCUT2D eigenvalue weighted by molar-refractivity contribution is 6.30. The fourth-order valence-corrected chi connectivity index (χ4v) is 2.01. The van der Waals surface area contributed by atoms with Crippen molar-refractivity contribution in [2.24, 2.45) is 5.73 Å². The van der Waals surface area contributed by atoms with E-state index in [0.29, 0.717) is 6.54 Å². The molecule has 3 nitrogen and oxygen atoms in total. The summed E-state index contributed by atoms with van der Waals surface area (Å²) in [4.78, 5) is 4.30. The van der Waals surface area contributed by atoms with Gasteiger partial charge in [0.25, 0.3) is 0 Å². The number of nitrogens with two attached hydrogens (primary N) is 1. The second-order valence-corrected chi connectivity index (χ2v) is 5.00. The first-order valence-corrected chi connectivity index (χ1v) is 6.67. The Bertz CT molecular complexity index is 553. The van der Waals surface area contributed by atoms with Gasteiger partial charge in [-0.25, -0.2) is 9.37 Å². The van der Waals surface area contributed by atoms with Gasteiger partial charge in [0.05, 0.1) is 5.02 Å². The predicted molar refractivity (Wildman–Crippen MR) is 74.7 cm³/mol. The van der Waals surface area contributed by atoms with Crippen LogP contribution in [0.4, 0.5) is 4.39 Å². The molecule has 0 amide bonds. The summed E-state index contributed by atoms with van der Waals surface area (Å²) in [5, 5.41) is 0.141. The zero-order chi connectivity index (χ0) is 13.8. The van der Waals surface area contributed by atoms with Crippen molar-refractivity contribution in [1.82, 2.24) is 9.55 Å². The lowest BCUT2D eigenvalue weighted by Crippen LogP contribution is -2.23. The van der Waals surface area contributed by atoms with Gasteiger partial charge in [-0.15, -0.1) is 0 Å². The third kappa shape index (κ3) is 3.55. The molecule has 0 saturated carbocycles. The maximum atomic E-state index is 13.4. The molecule has 19 heavy (non-hydrogen) atoms. The number of hydrogen-bond acceptors (Lipinski definition) is 2. The van der Waals surface area contributed by atoms with Crippen molar-refractivity contribution >= 4 is 11.6 Å². The molecule has 1 atom stereocenters. The van der Waals surface area contributed by atoms with Gasteiger partial charge in [-0.1, -0.05) is 24.6 Å². The van der Waals surface area contributed by atoms with Crippen molar-refractivity contribution in [3.63, 3.8) is 0 Å². The minimum absolute atomic E-state index is 0.100. The molecule has 2 rings (SSSR count). The Balaban J connectivity index is 2.14. The van der Waals surface area contributed by atoms with Gasteiger partial charge in [-0.3, -0.25) is 0 Å². The van der Waals surface area contributed by atoms with Crippen LogP contribution in [0.3, 0.4) is 0 Å². The third-order valence-electron chi connectivity index (χ3n) is 3.11. The van der Waals surface area contributed by atoms with Gasteiger partial charge in [0, 0.05) is 31.4 Å². The van der Waals surface area contributed by atoms with Crippen molar-refractivity contribution in [3.8, 4) is 0 Å². The highest BCUT2D eigenvalue weighted by atomic mass is 35.5. The Labute approximate surface area is 117 Å². The maximum absolute atomic E-state index is 13.4. The van der Waals surface area contributed by atoms with Gasteiger partial charge in [0.1, 0.15) is 11.6 Å². The van der Waals surface area contributed by atoms with E-state index >= 15 is 0 Å². The highest BCUT2D eigenvalue weighted by Gasteiger charge is 2.09. The third-order valence-corrected chi connectivity index (χ3v) is 3.41. The molecule has 1 aromatic carbocycles. The zero-order valence-corrected chi connectivity index (χ0v) is 11.6. The fourth-order valence-electron chi connectivity index (χ4n) is 1.89. The van der Waals surface area contributed by atoms with Gasteiger partial charge in [-0.05, 0) is 24.1 Å². The van der Waals surface area contributed by atoms with Crippen LogP contribution in [0.5, 0.6) is 0 Å². The number of aromatic nitrogens is 2. The summed E-state index contributed by atoms with van der Waals surface area (Å²) in [6, 6.07) is 4.93. The monoisotopic (exact) mass is 281 g/mol. The summed E-state index contributed by atoms with van der Waals surface area (Å²) >= 11 is 5.67. The molecule has 0 saturated heterocycles. The van der Waals surface area contributed by atoms with E-state index in [0.717, 1.165) is 24.2 Å². The van der Waals surface area contributed by atoms with Crippen LogP contribution >= 0.6 is 11.6 Å². The van der Waals surface area contributed by atoms with Gasteiger partial charge in [0.2, 0.25) is 0 Å². The molecule has 1 heterocycles. The summed E-state index contributed by atoms with van der Waals surface area (Å²) in [7, 11) is 0. The molecule has 102 valence electrons. The summed E-state index contributed by atoms with van der Waals surface area (Å²) in [5.41, 5.74) is 6.79. The van der Waals surface area contributed by atoms with Crippen LogP contribution in [0, 0.1) is 5.82 Å². The second-order valence-electron chi connectivity index (χ2n) is 4.59. The molecule has 1 aromatic heterocycles. The summed E-state index contributed by atoms with van der Waals surface area (Å²) in [6.45, 7) is 2.62. The van der Waals surface area contributed by atoms with E-state index < -0.39 is 5.82 Å². The number of benzene rings is 1. The normalized spacial score (nSPS) is 12.6. The van der Waals surface area contributed by atoms with Crippen molar-refractivity contribution < 1.29 is 4.39 Å². The minimum atomic E-state index is -0.397. The van der Waals surface area contributed by atoms with Crippen LogP contribution in [0.1, 0.15) is 24.7 Å². The topological polar surface area (TPSA) is 43.8 Å². The molecule has 1 unspecified atom stereocenters. The summed E-state index contributed by atoms with van der Waals surface area (Å²) in [6.07, 6.45) is 5.25. The number of hydrogen-bond donors (Lipinski definition) is 1. The Morgan fingerprint density at radius 2 is 2.26 bits per heavy atom. The Morgan fingerprint density at radius 3 is 2.95 bits per heavy atom. The first-order chi connectivity index (χ1) is 9.10. The summed E-state index contributed by atoms with van der Waals surface area (Å²) in [5.74, 6) is 0.524. The average molecular weight is 282 g/mol. The zero-order valence-electron chi connectivity index (χ0n) is 10.8. The molecule has 5 heteroatoms. The number of halogens is 2. The van der Waals surface area contributed by atoms with E-state index in [4.69, 9.17) is 17.3 Å². The molecule has 0 aliphatic carbocycles. The highest BCUT2D eigenvalue weighted by Crippen LogP contribution is 2.17. The van der Waals surface area contributed by atoms with Crippen LogP contribution in [0.25, 0.3) is 0 Å². The Kier molecular flexibility index (Phi) is 4.56. The van der Waals surface area contributed by atoms with Crippen LogP contribution in [-0.4, -0.2) is 15.6 Å². The Morgan fingerprint density at radius 1 is 1.47 bits per heavy atom. The van der Waals surface area contributed by atoms with Gasteiger partial charge < -0.3 is 10.3 Å². The first-order valence-electron chi connectivity index (χ1n) is 6.29. The van der Waals surface area contributed by atoms with Gasteiger partial charge in [-0.2, -0.15) is 0 Å². The molecule has 0 aliphatic rings. The maximum Gasteiger partial charge on any atom is 0.142 e. The fraction of sp³-hybridized carbons (Fsp3) is 0.357. The SMILES string of the molecule is CCC(N)Cc1nccn1Cc1ccc(Cl)c(F)c1. The Hall–Kier alpha value is -1.39. The molecule has 0 aliphatic heterocycles. The largest absolute Gasteiger partial charge is 0.330 e. The minimum Gasteiger partial charge on any atom is -0.330 e. The molecule has 0 spiro atoms. The first kappa shape index (κ1) is 14.0. The van der Waals surface area contributed by atoms with Crippen LogP contribution in [0.15, 0.2) is 30.6 Å². The van der Waals surface area contributed by atoms with Crippen molar-refractivity contribution in [2.75, 3.05) is 0 Å².